The van der Waals surface area contributed by atoms with Gasteiger partial charge in [0, 0.05) is 30.8 Å². The topological polar surface area (TPSA) is 93.1 Å². The highest BCUT2D eigenvalue weighted by Gasteiger charge is 2.22. The van der Waals surface area contributed by atoms with Gasteiger partial charge in [0.1, 0.15) is 10.9 Å². The minimum atomic E-state index is -4.16. The van der Waals surface area contributed by atoms with E-state index >= 15 is 0 Å². The van der Waals surface area contributed by atoms with Crippen LogP contribution in [0.15, 0.2) is 95.0 Å². The van der Waals surface area contributed by atoms with Gasteiger partial charge in [-0.15, -0.1) is 0 Å². The summed E-state index contributed by atoms with van der Waals surface area (Å²) in [5.74, 6) is -1.80. The molecule has 4 rings (SSSR count). The second-order valence-corrected chi connectivity index (χ2v) is 11.7. The summed E-state index contributed by atoms with van der Waals surface area (Å²) < 4.78 is 55.8. The number of hydrogen-bond donors (Lipinski definition) is 2. The van der Waals surface area contributed by atoms with Gasteiger partial charge in [0.05, 0.1) is 4.90 Å². The number of alkyl halides is 2. The molecular formula is C28H28F2N4O3S2. The Balaban J connectivity index is 1.50. The average molecular weight is 571 g/mol. The number of carbonyl (C=O) groups excluding carboxylic acids is 1. The summed E-state index contributed by atoms with van der Waals surface area (Å²) in [4.78, 5) is 16.7. The molecule has 7 nitrogen and oxygen atoms in total. The number of rotatable bonds is 10. The maximum atomic E-state index is 13.1. The Hall–Kier alpha value is -3.70. The molecule has 0 unspecified atom stereocenters. The van der Waals surface area contributed by atoms with Gasteiger partial charge in [0.25, 0.3) is 15.8 Å². The van der Waals surface area contributed by atoms with Crippen molar-refractivity contribution in [3.05, 3.63) is 102 Å². The summed E-state index contributed by atoms with van der Waals surface area (Å²) in [6, 6.07) is 22.0. The van der Waals surface area contributed by atoms with Crippen LogP contribution in [-0.2, 0) is 23.1 Å². The summed E-state index contributed by atoms with van der Waals surface area (Å²) in [5, 5.41) is 2.83. The van der Waals surface area contributed by atoms with E-state index in [1.54, 1.807) is 36.5 Å². The van der Waals surface area contributed by atoms with Gasteiger partial charge in [-0.05, 0) is 34.5 Å². The summed E-state index contributed by atoms with van der Waals surface area (Å²) in [7, 11) is -4.16. The number of urea groups is 1. The fourth-order valence-electron chi connectivity index (χ4n) is 4.06. The Bertz CT molecular complexity index is 1520. The predicted octanol–water partition coefficient (Wildman–Crippen LogP) is 6.22. The van der Waals surface area contributed by atoms with Crippen LogP contribution in [0, 0.1) is 0 Å². The normalized spacial score (nSPS) is 11.6. The van der Waals surface area contributed by atoms with Crippen molar-refractivity contribution >= 4 is 27.8 Å². The van der Waals surface area contributed by atoms with E-state index in [0.29, 0.717) is 35.3 Å². The van der Waals surface area contributed by atoms with Crippen LogP contribution in [-0.4, -0.2) is 29.8 Å². The third kappa shape index (κ3) is 7.45. The first-order chi connectivity index (χ1) is 18.6. The third-order valence-corrected chi connectivity index (χ3v) is 7.83. The molecule has 2 N–H and O–H groups in total. The standard InChI is InChI=1S/C28H28F2N4O3S2/c1-19(2)26-32-25(38-27(29)30)18-34(26)17-21-12-14-22(15-13-21)23-10-6-7-11-24(23)39(36,37)33-28(35)31-16-20-8-4-3-5-9-20/h3-15,18-19,27H,16-17H2,1-2H3,(H2,31,33,35). The minimum Gasteiger partial charge on any atom is -0.333 e. The lowest BCUT2D eigenvalue weighted by molar-refractivity contribution is 0.245. The van der Waals surface area contributed by atoms with E-state index < -0.39 is 21.8 Å². The number of benzene rings is 3. The zero-order valence-corrected chi connectivity index (χ0v) is 23.0. The van der Waals surface area contributed by atoms with Gasteiger partial charge in [-0.25, -0.2) is 22.9 Å². The molecule has 0 radical (unpaired) electrons. The molecule has 0 saturated heterocycles. The van der Waals surface area contributed by atoms with E-state index in [-0.39, 0.29) is 22.4 Å². The SMILES string of the molecule is CC(C)c1nc(SC(F)F)cn1Cc1ccc(-c2ccccc2S(=O)(=O)NC(=O)NCc2ccccc2)cc1. The maximum Gasteiger partial charge on any atom is 0.328 e. The largest absolute Gasteiger partial charge is 0.333 e. The van der Waals surface area contributed by atoms with Crippen molar-refractivity contribution in [1.82, 2.24) is 19.6 Å². The molecule has 0 spiro atoms. The summed E-state index contributed by atoms with van der Waals surface area (Å²) in [6.45, 7) is 4.51. The second-order valence-electron chi connectivity index (χ2n) is 9.07. The molecule has 0 aliphatic carbocycles. The lowest BCUT2D eigenvalue weighted by Crippen LogP contribution is -2.39. The zero-order valence-electron chi connectivity index (χ0n) is 21.3. The predicted molar refractivity (Wildman–Crippen MR) is 148 cm³/mol. The molecular weight excluding hydrogens is 542 g/mol. The van der Waals surface area contributed by atoms with Crippen LogP contribution in [0.3, 0.4) is 0 Å². The Morgan fingerprint density at radius 2 is 1.62 bits per heavy atom. The van der Waals surface area contributed by atoms with Crippen molar-refractivity contribution in [2.24, 2.45) is 0 Å². The first kappa shape index (κ1) is 28.3. The molecule has 0 bridgehead atoms. The highest BCUT2D eigenvalue weighted by atomic mass is 32.2. The third-order valence-electron chi connectivity index (χ3n) is 5.83. The number of hydrogen-bond acceptors (Lipinski definition) is 5. The molecule has 39 heavy (non-hydrogen) atoms. The van der Waals surface area contributed by atoms with Crippen LogP contribution >= 0.6 is 11.8 Å². The van der Waals surface area contributed by atoms with E-state index in [1.165, 1.54) is 6.07 Å². The summed E-state index contributed by atoms with van der Waals surface area (Å²) in [6.07, 6.45) is 1.62. The van der Waals surface area contributed by atoms with Gasteiger partial charge < -0.3 is 9.88 Å². The van der Waals surface area contributed by atoms with E-state index in [4.69, 9.17) is 0 Å². The number of amides is 2. The summed E-state index contributed by atoms with van der Waals surface area (Å²) in [5.41, 5.74) is 2.82. The summed E-state index contributed by atoms with van der Waals surface area (Å²) >= 11 is 0.414. The number of imidazole rings is 1. The molecule has 0 fully saturated rings. The van der Waals surface area contributed by atoms with Crippen LogP contribution in [0.1, 0.15) is 36.7 Å². The molecule has 0 atom stereocenters. The fraction of sp³-hybridized carbons (Fsp3) is 0.214. The number of nitrogens with zero attached hydrogens (tertiary/aromatic N) is 2. The quantitative estimate of drug-likeness (QED) is 0.221. The van der Waals surface area contributed by atoms with Gasteiger partial charge in [0.2, 0.25) is 0 Å². The zero-order chi connectivity index (χ0) is 28.0. The van der Waals surface area contributed by atoms with Crippen molar-refractivity contribution in [3.63, 3.8) is 0 Å². The number of aromatic nitrogens is 2. The molecule has 3 aromatic carbocycles. The highest BCUT2D eigenvalue weighted by Crippen LogP contribution is 2.29. The van der Waals surface area contributed by atoms with E-state index in [0.717, 1.165) is 11.1 Å². The van der Waals surface area contributed by atoms with Gasteiger partial charge in [-0.3, -0.25) is 0 Å². The highest BCUT2D eigenvalue weighted by molar-refractivity contribution is 7.99. The lowest BCUT2D eigenvalue weighted by Gasteiger charge is -2.14. The molecule has 4 aromatic rings. The van der Waals surface area contributed by atoms with Crippen LogP contribution in [0.25, 0.3) is 11.1 Å². The van der Waals surface area contributed by atoms with Crippen LogP contribution < -0.4 is 10.0 Å². The van der Waals surface area contributed by atoms with E-state index in [1.807, 2.05) is 60.9 Å². The van der Waals surface area contributed by atoms with Gasteiger partial charge >= 0.3 is 6.03 Å². The molecule has 0 saturated carbocycles. The number of sulfonamides is 1. The number of halogens is 2. The van der Waals surface area contributed by atoms with Crippen molar-refractivity contribution in [2.75, 3.05) is 0 Å². The Morgan fingerprint density at radius 3 is 2.28 bits per heavy atom. The Kier molecular flexibility index (Phi) is 9.03. The molecule has 204 valence electrons. The molecule has 2 amide bonds. The van der Waals surface area contributed by atoms with Crippen molar-refractivity contribution < 1.29 is 22.0 Å². The van der Waals surface area contributed by atoms with Gasteiger partial charge in [0.15, 0.2) is 0 Å². The lowest BCUT2D eigenvalue weighted by atomic mass is 10.0. The van der Waals surface area contributed by atoms with Crippen molar-refractivity contribution in [2.45, 2.75) is 48.5 Å². The monoisotopic (exact) mass is 570 g/mol. The smallest absolute Gasteiger partial charge is 0.328 e. The molecule has 0 aliphatic heterocycles. The number of carbonyl (C=O) groups is 1. The van der Waals surface area contributed by atoms with Gasteiger partial charge in [-0.1, -0.05) is 86.6 Å². The van der Waals surface area contributed by atoms with Crippen LogP contribution in [0.2, 0.25) is 0 Å². The van der Waals surface area contributed by atoms with Gasteiger partial charge in [-0.2, -0.15) is 8.78 Å². The molecule has 11 heteroatoms. The number of nitrogens with one attached hydrogen (secondary N) is 2. The number of thioether (sulfide) groups is 1. The maximum absolute atomic E-state index is 13.1. The molecule has 1 heterocycles. The van der Waals surface area contributed by atoms with Crippen LogP contribution in [0.5, 0.6) is 0 Å². The average Bonchev–Trinajstić information content (AvgIpc) is 3.30. The Morgan fingerprint density at radius 1 is 0.949 bits per heavy atom. The second kappa shape index (κ2) is 12.4. The van der Waals surface area contributed by atoms with Crippen molar-refractivity contribution in [1.29, 1.82) is 0 Å². The first-order valence-corrected chi connectivity index (χ1v) is 14.5. The first-order valence-electron chi connectivity index (χ1n) is 12.2. The van der Waals surface area contributed by atoms with Crippen molar-refractivity contribution in [3.8, 4) is 11.1 Å². The Labute approximate surface area is 230 Å². The molecule has 1 aromatic heterocycles. The van der Waals surface area contributed by atoms with Crippen LogP contribution in [0.4, 0.5) is 13.6 Å². The van der Waals surface area contributed by atoms with E-state index in [2.05, 4.69) is 15.0 Å². The minimum absolute atomic E-state index is 0.0296. The molecule has 0 aliphatic rings. The fourth-order valence-corrected chi connectivity index (χ4v) is 5.73. The van der Waals surface area contributed by atoms with E-state index in [9.17, 15) is 22.0 Å².